The van der Waals surface area contributed by atoms with Crippen LogP contribution >= 0.6 is 11.3 Å². The van der Waals surface area contributed by atoms with Gasteiger partial charge in [0, 0.05) is 23.7 Å². The summed E-state index contributed by atoms with van der Waals surface area (Å²) in [6.45, 7) is 2.92. The minimum atomic E-state index is -0.0977. The SMILES string of the molecule is Cc1ncc(CNC2CCCC(O)C2)s1. The van der Waals surface area contributed by atoms with E-state index in [4.69, 9.17) is 0 Å². The molecular weight excluding hydrogens is 208 g/mol. The zero-order valence-electron chi connectivity index (χ0n) is 9.07. The number of hydrogen-bond acceptors (Lipinski definition) is 4. The minimum Gasteiger partial charge on any atom is -0.393 e. The van der Waals surface area contributed by atoms with E-state index in [-0.39, 0.29) is 6.10 Å². The summed E-state index contributed by atoms with van der Waals surface area (Å²) < 4.78 is 0. The van der Waals surface area contributed by atoms with Crippen LogP contribution in [0.5, 0.6) is 0 Å². The summed E-state index contributed by atoms with van der Waals surface area (Å²) in [5, 5.41) is 14.1. The second-order valence-electron chi connectivity index (χ2n) is 4.24. The van der Waals surface area contributed by atoms with Gasteiger partial charge in [0.2, 0.25) is 0 Å². The second-order valence-corrected chi connectivity index (χ2v) is 5.56. The predicted octanol–water partition coefficient (Wildman–Crippen LogP) is 1.84. The number of thiazole rings is 1. The Morgan fingerprint density at radius 1 is 1.60 bits per heavy atom. The van der Waals surface area contributed by atoms with E-state index in [0.717, 1.165) is 30.8 Å². The van der Waals surface area contributed by atoms with E-state index in [1.165, 1.54) is 11.3 Å². The quantitative estimate of drug-likeness (QED) is 0.826. The Balaban J connectivity index is 1.77. The van der Waals surface area contributed by atoms with Gasteiger partial charge in [0.1, 0.15) is 0 Å². The molecule has 3 nitrogen and oxygen atoms in total. The van der Waals surface area contributed by atoms with Gasteiger partial charge in [0.25, 0.3) is 0 Å². The summed E-state index contributed by atoms with van der Waals surface area (Å²) in [7, 11) is 0. The van der Waals surface area contributed by atoms with Crippen LogP contribution in [-0.2, 0) is 6.54 Å². The Kier molecular flexibility index (Phi) is 3.72. The fraction of sp³-hybridized carbons (Fsp3) is 0.727. The molecule has 1 aliphatic rings. The fourth-order valence-electron chi connectivity index (χ4n) is 2.08. The van der Waals surface area contributed by atoms with Crippen molar-refractivity contribution in [2.24, 2.45) is 0 Å². The Hall–Kier alpha value is -0.450. The summed E-state index contributed by atoms with van der Waals surface area (Å²) in [5.41, 5.74) is 0. The number of rotatable bonds is 3. The highest BCUT2D eigenvalue weighted by atomic mass is 32.1. The van der Waals surface area contributed by atoms with Crippen molar-refractivity contribution in [3.05, 3.63) is 16.1 Å². The Labute approximate surface area is 94.5 Å². The first-order valence-corrected chi connectivity index (χ1v) is 6.38. The van der Waals surface area contributed by atoms with Crippen molar-refractivity contribution in [1.82, 2.24) is 10.3 Å². The van der Waals surface area contributed by atoms with E-state index in [1.54, 1.807) is 11.3 Å². The lowest BCUT2D eigenvalue weighted by Crippen LogP contribution is -2.35. The molecule has 0 radical (unpaired) electrons. The average Bonchev–Trinajstić information content (AvgIpc) is 2.62. The maximum absolute atomic E-state index is 9.53. The Morgan fingerprint density at radius 2 is 2.47 bits per heavy atom. The number of hydrogen-bond donors (Lipinski definition) is 2. The molecule has 2 atom stereocenters. The molecule has 0 aromatic carbocycles. The van der Waals surface area contributed by atoms with E-state index in [0.29, 0.717) is 6.04 Å². The summed E-state index contributed by atoms with van der Waals surface area (Å²) in [4.78, 5) is 5.51. The molecule has 0 bridgehead atoms. The first kappa shape index (κ1) is 11.0. The van der Waals surface area contributed by atoms with Crippen LogP contribution in [0.15, 0.2) is 6.20 Å². The van der Waals surface area contributed by atoms with Crippen molar-refractivity contribution >= 4 is 11.3 Å². The number of aryl methyl sites for hydroxylation is 1. The molecule has 4 heteroatoms. The van der Waals surface area contributed by atoms with Gasteiger partial charge in [-0.1, -0.05) is 0 Å². The molecule has 1 saturated carbocycles. The van der Waals surface area contributed by atoms with E-state index in [1.807, 2.05) is 13.1 Å². The molecule has 1 heterocycles. The second kappa shape index (κ2) is 5.05. The predicted molar refractivity (Wildman–Crippen MR) is 62.0 cm³/mol. The van der Waals surface area contributed by atoms with Crippen molar-refractivity contribution in [1.29, 1.82) is 0 Å². The zero-order valence-corrected chi connectivity index (χ0v) is 9.89. The lowest BCUT2D eigenvalue weighted by atomic mass is 9.93. The highest BCUT2D eigenvalue weighted by molar-refractivity contribution is 7.11. The average molecular weight is 226 g/mol. The zero-order chi connectivity index (χ0) is 10.7. The topological polar surface area (TPSA) is 45.2 Å². The molecule has 15 heavy (non-hydrogen) atoms. The van der Waals surface area contributed by atoms with Crippen molar-refractivity contribution in [3.63, 3.8) is 0 Å². The number of aromatic nitrogens is 1. The van der Waals surface area contributed by atoms with Crippen LogP contribution < -0.4 is 5.32 Å². The molecule has 2 N–H and O–H groups in total. The molecule has 1 aliphatic carbocycles. The van der Waals surface area contributed by atoms with Crippen LogP contribution in [0.1, 0.15) is 35.6 Å². The van der Waals surface area contributed by atoms with Crippen LogP contribution in [0.3, 0.4) is 0 Å². The van der Waals surface area contributed by atoms with E-state index < -0.39 is 0 Å². The van der Waals surface area contributed by atoms with Crippen LogP contribution in [-0.4, -0.2) is 22.2 Å². The van der Waals surface area contributed by atoms with Crippen LogP contribution in [0.2, 0.25) is 0 Å². The van der Waals surface area contributed by atoms with Crippen LogP contribution in [0, 0.1) is 6.92 Å². The van der Waals surface area contributed by atoms with E-state index in [9.17, 15) is 5.11 Å². The smallest absolute Gasteiger partial charge is 0.0897 e. The van der Waals surface area contributed by atoms with Gasteiger partial charge in [-0.2, -0.15) is 0 Å². The monoisotopic (exact) mass is 226 g/mol. The van der Waals surface area contributed by atoms with E-state index >= 15 is 0 Å². The summed E-state index contributed by atoms with van der Waals surface area (Å²) in [5.74, 6) is 0. The molecule has 0 spiro atoms. The van der Waals surface area contributed by atoms with E-state index in [2.05, 4.69) is 10.3 Å². The van der Waals surface area contributed by atoms with Gasteiger partial charge in [0.15, 0.2) is 0 Å². The number of aliphatic hydroxyl groups excluding tert-OH is 1. The number of nitrogens with zero attached hydrogens (tertiary/aromatic N) is 1. The molecule has 0 aliphatic heterocycles. The van der Waals surface area contributed by atoms with Gasteiger partial charge < -0.3 is 10.4 Å². The van der Waals surface area contributed by atoms with Gasteiger partial charge in [-0.3, -0.25) is 0 Å². The molecule has 0 saturated heterocycles. The van der Waals surface area contributed by atoms with Gasteiger partial charge in [-0.25, -0.2) is 4.98 Å². The molecule has 2 unspecified atom stereocenters. The molecular formula is C11H18N2OS. The van der Waals surface area contributed by atoms with Crippen molar-refractivity contribution in [2.45, 2.75) is 51.3 Å². The Bertz CT molecular complexity index is 313. The summed E-state index contributed by atoms with van der Waals surface area (Å²) in [6.07, 6.45) is 6.04. The lowest BCUT2D eigenvalue weighted by molar-refractivity contribution is 0.111. The standard InChI is InChI=1S/C11H18N2OS/c1-8-12-6-11(15-8)7-13-9-3-2-4-10(14)5-9/h6,9-10,13-14H,2-5,7H2,1H3. The largest absolute Gasteiger partial charge is 0.393 e. The summed E-state index contributed by atoms with van der Waals surface area (Å²) in [6, 6.07) is 0.483. The first-order chi connectivity index (χ1) is 7.24. The number of nitrogens with one attached hydrogen (secondary N) is 1. The van der Waals surface area contributed by atoms with Gasteiger partial charge in [-0.15, -0.1) is 11.3 Å². The lowest BCUT2D eigenvalue weighted by Gasteiger charge is -2.26. The highest BCUT2D eigenvalue weighted by Gasteiger charge is 2.19. The summed E-state index contributed by atoms with van der Waals surface area (Å²) >= 11 is 1.74. The minimum absolute atomic E-state index is 0.0977. The van der Waals surface area contributed by atoms with Gasteiger partial charge in [-0.05, 0) is 32.6 Å². The molecule has 1 fully saturated rings. The molecule has 1 aromatic rings. The van der Waals surface area contributed by atoms with Gasteiger partial charge in [0.05, 0.1) is 11.1 Å². The normalized spacial score (nSPS) is 26.8. The van der Waals surface area contributed by atoms with Crippen molar-refractivity contribution in [2.75, 3.05) is 0 Å². The molecule has 0 amide bonds. The van der Waals surface area contributed by atoms with Crippen LogP contribution in [0.4, 0.5) is 0 Å². The maximum atomic E-state index is 9.53. The van der Waals surface area contributed by atoms with Crippen molar-refractivity contribution < 1.29 is 5.11 Å². The van der Waals surface area contributed by atoms with Crippen LogP contribution in [0.25, 0.3) is 0 Å². The first-order valence-electron chi connectivity index (χ1n) is 5.57. The third-order valence-corrected chi connectivity index (χ3v) is 3.79. The maximum Gasteiger partial charge on any atom is 0.0897 e. The Morgan fingerprint density at radius 3 is 3.13 bits per heavy atom. The molecule has 84 valence electrons. The third kappa shape index (κ3) is 3.26. The molecule has 1 aromatic heterocycles. The van der Waals surface area contributed by atoms with Gasteiger partial charge >= 0.3 is 0 Å². The fourth-order valence-corrected chi connectivity index (χ4v) is 2.83. The molecule has 2 rings (SSSR count). The van der Waals surface area contributed by atoms with Crippen molar-refractivity contribution in [3.8, 4) is 0 Å². The highest BCUT2D eigenvalue weighted by Crippen LogP contribution is 2.19. The number of aliphatic hydroxyl groups is 1. The third-order valence-electron chi connectivity index (χ3n) is 2.88.